The summed E-state index contributed by atoms with van der Waals surface area (Å²) in [5, 5.41) is 20.4. The summed E-state index contributed by atoms with van der Waals surface area (Å²) in [4.78, 5) is 0. The monoisotopic (exact) mass is 223 g/mol. The van der Waals surface area contributed by atoms with Gasteiger partial charge in [0.1, 0.15) is 0 Å². The van der Waals surface area contributed by atoms with Crippen molar-refractivity contribution < 1.29 is 5.11 Å². The van der Waals surface area contributed by atoms with Crippen molar-refractivity contribution in [1.82, 2.24) is 0 Å². The van der Waals surface area contributed by atoms with E-state index in [1.165, 1.54) is 6.42 Å². The topological polar surface area (TPSA) is 44.0 Å². The van der Waals surface area contributed by atoms with Crippen LogP contribution in [0.5, 0.6) is 0 Å². The molecule has 0 radical (unpaired) electrons. The van der Waals surface area contributed by atoms with Gasteiger partial charge < -0.3 is 5.11 Å². The Bertz CT molecular complexity index is 242. The van der Waals surface area contributed by atoms with Crippen molar-refractivity contribution in [1.29, 1.82) is 5.26 Å². The van der Waals surface area contributed by atoms with Crippen LogP contribution in [-0.2, 0) is 0 Å². The SMILES string of the molecule is CCCC(O)(CCC)C1(C#N)CCCCC1. The molecule has 0 heterocycles. The summed E-state index contributed by atoms with van der Waals surface area (Å²) in [5.41, 5.74) is -1.21. The fourth-order valence-corrected chi connectivity index (χ4v) is 3.27. The van der Waals surface area contributed by atoms with Crippen molar-refractivity contribution in [3.8, 4) is 6.07 Å². The minimum absolute atomic E-state index is 0.461. The van der Waals surface area contributed by atoms with Gasteiger partial charge in [0.05, 0.1) is 17.1 Å². The van der Waals surface area contributed by atoms with Crippen molar-refractivity contribution >= 4 is 0 Å². The van der Waals surface area contributed by atoms with E-state index in [4.69, 9.17) is 0 Å². The fourth-order valence-electron chi connectivity index (χ4n) is 3.27. The Morgan fingerprint density at radius 3 is 2.00 bits per heavy atom. The van der Waals surface area contributed by atoms with Crippen LogP contribution in [0.25, 0.3) is 0 Å². The highest BCUT2D eigenvalue weighted by Gasteiger charge is 2.49. The molecule has 0 aliphatic heterocycles. The molecule has 1 N–H and O–H groups in total. The third kappa shape index (κ3) is 2.40. The Morgan fingerprint density at radius 1 is 1.12 bits per heavy atom. The zero-order chi connectivity index (χ0) is 12.1. The van der Waals surface area contributed by atoms with Crippen LogP contribution in [0.1, 0.15) is 71.6 Å². The van der Waals surface area contributed by atoms with Gasteiger partial charge in [-0.3, -0.25) is 0 Å². The van der Waals surface area contributed by atoms with Crippen LogP contribution in [0.2, 0.25) is 0 Å². The number of aliphatic hydroxyl groups is 1. The van der Waals surface area contributed by atoms with Crippen LogP contribution >= 0.6 is 0 Å². The second-order valence-corrected chi connectivity index (χ2v) is 5.29. The van der Waals surface area contributed by atoms with E-state index in [9.17, 15) is 10.4 Å². The zero-order valence-electron chi connectivity index (χ0n) is 10.8. The molecule has 1 aliphatic carbocycles. The molecule has 1 rings (SSSR count). The maximum absolute atomic E-state index is 10.9. The number of hydrogen-bond acceptors (Lipinski definition) is 2. The lowest BCUT2D eigenvalue weighted by Crippen LogP contribution is -2.48. The molecule has 0 aromatic carbocycles. The van der Waals surface area contributed by atoms with Crippen molar-refractivity contribution in [2.75, 3.05) is 0 Å². The van der Waals surface area contributed by atoms with Crippen molar-refractivity contribution in [2.45, 2.75) is 77.2 Å². The molecule has 2 nitrogen and oxygen atoms in total. The van der Waals surface area contributed by atoms with Crippen LogP contribution in [0, 0.1) is 16.7 Å². The first-order chi connectivity index (χ1) is 7.64. The fraction of sp³-hybridized carbons (Fsp3) is 0.929. The second kappa shape index (κ2) is 5.68. The molecule has 92 valence electrons. The third-order valence-electron chi connectivity index (χ3n) is 4.14. The highest BCUT2D eigenvalue weighted by Crippen LogP contribution is 2.48. The summed E-state index contributed by atoms with van der Waals surface area (Å²) in [5.74, 6) is 0. The summed E-state index contributed by atoms with van der Waals surface area (Å²) < 4.78 is 0. The van der Waals surface area contributed by atoms with Crippen LogP contribution in [-0.4, -0.2) is 10.7 Å². The Kier molecular flexibility index (Phi) is 4.80. The first-order valence-electron chi connectivity index (χ1n) is 6.78. The minimum Gasteiger partial charge on any atom is -0.388 e. The molecule has 1 fully saturated rings. The largest absolute Gasteiger partial charge is 0.388 e. The van der Waals surface area contributed by atoms with Crippen LogP contribution in [0.15, 0.2) is 0 Å². The van der Waals surface area contributed by atoms with Gasteiger partial charge in [-0.05, 0) is 25.7 Å². The Balaban J connectivity index is 2.92. The van der Waals surface area contributed by atoms with Gasteiger partial charge in [0, 0.05) is 0 Å². The van der Waals surface area contributed by atoms with Gasteiger partial charge in [-0.1, -0.05) is 46.0 Å². The molecule has 1 saturated carbocycles. The standard InChI is InChI=1S/C14H25NO/c1-3-8-14(16,9-4-2)13(12-15)10-6-5-7-11-13/h16H,3-11H2,1-2H3. The normalized spacial score (nSPS) is 20.4. The van der Waals surface area contributed by atoms with E-state index in [-0.39, 0.29) is 0 Å². The quantitative estimate of drug-likeness (QED) is 0.770. The maximum Gasteiger partial charge on any atom is 0.0860 e. The number of nitriles is 1. The van der Waals surface area contributed by atoms with Crippen molar-refractivity contribution in [2.24, 2.45) is 5.41 Å². The van der Waals surface area contributed by atoms with Gasteiger partial charge in [0.25, 0.3) is 0 Å². The molecule has 0 spiro atoms. The molecule has 0 unspecified atom stereocenters. The molecule has 0 amide bonds. The predicted octanol–water partition coefficient (Wildman–Crippen LogP) is 3.79. The minimum atomic E-state index is -0.744. The van der Waals surface area contributed by atoms with Crippen molar-refractivity contribution in [3.05, 3.63) is 0 Å². The van der Waals surface area contributed by atoms with Crippen molar-refractivity contribution in [3.63, 3.8) is 0 Å². The van der Waals surface area contributed by atoms with Gasteiger partial charge in [0.15, 0.2) is 0 Å². The third-order valence-corrected chi connectivity index (χ3v) is 4.14. The lowest BCUT2D eigenvalue weighted by atomic mass is 9.61. The van der Waals surface area contributed by atoms with E-state index in [2.05, 4.69) is 19.9 Å². The summed E-state index contributed by atoms with van der Waals surface area (Å²) in [6.07, 6.45) is 8.66. The number of nitrogens with zero attached hydrogens (tertiary/aromatic N) is 1. The smallest absolute Gasteiger partial charge is 0.0860 e. The summed E-state index contributed by atoms with van der Waals surface area (Å²) in [6.45, 7) is 4.18. The van der Waals surface area contributed by atoms with Crippen LogP contribution in [0.3, 0.4) is 0 Å². The molecule has 0 aromatic heterocycles. The lowest BCUT2D eigenvalue weighted by Gasteiger charge is -2.45. The Hall–Kier alpha value is -0.550. The predicted molar refractivity (Wildman–Crippen MR) is 65.9 cm³/mol. The van der Waals surface area contributed by atoms with Gasteiger partial charge in [0.2, 0.25) is 0 Å². The average Bonchev–Trinajstić information content (AvgIpc) is 2.30. The van der Waals surface area contributed by atoms with Gasteiger partial charge in [-0.15, -0.1) is 0 Å². The molecule has 2 heteroatoms. The molecular formula is C14H25NO. The van der Waals surface area contributed by atoms with Gasteiger partial charge >= 0.3 is 0 Å². The van der Waals surface area contributed by atoms with Gasteiger partial charge in [-0.2, -0.15) is 5.26 Å². The van der Waals surface area contributed by atoms with Gasteiger partial charge in [-0.25, -0.2) is 0 Å². The summed E-state index contributed by atoms with van der Waals surface area (Å²) >= 11 is 0. The maximum atomic E-state index is 10.9. The van der Waals surface area contributed by atoms with Crippen LogP contribution in [0.4, 0.5) is 0 Å². The average molecular weight is 223 g/mol. The number of rotatable bonds is 5. The summed E-state index contributed by atoms with van der Waals surface area (Å²) in [7, 11) is 0. The first-order valence-corrected chi connectivity index (χ1v) is 6.78. The lowest BCUT2D eigenvalue weighted by molar-refractivity contribution is -0.0857. The summed E-state index contributed by atoms with van der Waals surface area (Å²) in [6, 6.07) is 2.48. The molecular weight excluding hydrogens is 198 g/mol. The van der Waals surface area contributed by atoms with E-state index in [1.54, 1.807) is 0 Å². The number of hydrogen-bond donors (Lipinski definition) is 1. The molecule has 16 heavy (non-hydrogen) atoms. The molecule has 0 aromatic rings. The highest BCUT2D eigenvalue weighted by molar-refractivity contribution is 5.12. The van der Waals surface area contributed by atoms with E-state index < -0.39 is 11.0 Å². The molecule has 0 bridgehead atoms. The van der Waals surface area contributed by atoms with E-state index in [0.717, 1.165) is 51.4 Å². The van der Waals surface area contributed by atoms with E-state index in [0.29, 0.717) is 0 Å². The van der Waals surface area contributed by atoms with E-state index in [1.807, 2.05) is 0 Å². The molecule has 0 saturated heterocycles. The van der Waals surface area contributed by atoms with E-state index >= 15 is 0 Å². The second-order valence-electron chi connectivity index (χ2n) is 5.29. The first kappa shape index (κ1) is 13.5. The van der Waals surface area contributed by atoms with Crippen LogP contribution < -0.4 is 0 Å². The Labute approximate surface area is 99.7 Å². The Morgan fingerprint density at radius 2 is 1.62 bits per heavy atom. The molecule has 1 aliphatic rings. The zero-order valence-corrected chi connectivity index (χ0v) is 10.8. The molecule has 0 atom stereocenters. The highest BCUT2D eigenvalue weighted by atomic mass is 16.3.